The zero-order valence-electron chi connectivity index (χ0n) is 14.9. The Bertz CT molecular complexity index is 524. The summed E-state index contributed by atoms with van der Waals surface area (Å²) in [6, 6.07) is 11.4. The molecule has 1 aromatic carbocycles. The van der Waals surface area contributed by atoms with Crippen LogP contribution in [0.25, 0.3) is 0 Å². The van der Waals surface area contributed by atoms with Gasteiger partial charge >= 0.3 is 6.09 Å². The summed E-state index contributed by atoms with van der Waals surface area (Å²) in [5.41, 5.74) is 1.46. The van der Waals surface area contributed by atoms with Crippen molar-refractivity contribution in [1.29, 1.82) is 0 Å². The minimum atomic E-state index is -0.138. The lowest BCUT2D eigenvalue weighted by Crippen LogP contribution is -2.41. The molecule has 4 nitrogen and oxygen atoms in total. The van der Waals surface area contributed by atoms with Crippen LogP contribution in [-0.4, -0.2) is 43.3 Å². The highest BCUT2D eigenvalue weighted by atomic mass is 16.6. The molecule has 0 aromatic heterocycles. The second-order valence-corrected chi connectivity index (χ2v) is 7.67. The maximum Gasteiger partial charge on any atom is 0.409 e. The van der Waals surface area contributed by atoms with Crippen molar-refractivity contribution >= 4 is 6.09 Å². The van der Waals surface area contributed by atoms with Gasteiger partial charge in [0.05, 0.1) is 6.61 Å². The number of nitrogens with zero attached hydrogens (tertiary/aromatic N) is 1. The maximum atomic E-state index is 12.0. The number of carbonyl (C=O) groups excluding carboxylic acids is 1. The molecule has 1 aliphatic carbocycles. The molecule has 132 valence electrons. The zero-order valence-corrected chi connectivity index (χ0v) is 14.9. The van der Waals surface area contributed by atoms with Gasteiger partial charge in [-0.05, 0) is 43.2 Å². The molecule has 2 fully saturated rings. The first kappa shape index (κ1) is 17.3. The van der Waals surface area contributed by atoms with Crippen molar-refractivity contribution in [2.24, 2.45) is 11.8 Å². The highest BCUT2D eigenvalue weighted by Crippen LogP contribution is 2.40. The van der Waals surface area contributed by atoms with Crippen LogP contribution < -0.4 is 5.32 Å². The van der Waals surface area contributed by atoms with E-state index in [1.807, 2.05) is 4.90 Å². The number of rotatable bonds is 6. The van der Waals surface area contributed by atoms with Crippen LogP contribution in [0.15, 0.2) is 30.3 Å². The van der Waals surface area contributed by atoms with Gasteiger partial charge in [0.1, 0.15) is 0 Å². The van der Waals surface area contributed by atoms with Gasteiger partial charge < -0.3 is 15.0 Å². The number of hydrogen-bond acceptors (Lipinski definition) is 3. The van der Waals surface area contributed by atoms with Crippen molar-refractivity contribution < 1.29 is 9.53 Å². The molecular weight excluding hydrogens is 300 g/mol. The van der Waals surface area contributed by atoms with Crippen LogP contribution in [0.3, 0.4) is 0 Å². The predicted molar refractivity (Wildman–Crippen MR) is 96.1 cm³/mol. The minimum absolute atomic E-state index is 0.138. The summed E-state index contributed by atoms with van der Waals surface area (Å²) < 4.78 is 5.32. The normalized spacial score (nSPS) is 24.2. The summed E-state index contributed by atoms with van der Waals surface area (Å²) in [6.45, 7) is 7.37. The molecule has 1 saturated heterocycles. The Morgan fingerprint density at radius 2 is 1.96 bits per heavy atom. The fraction of sp³-hybridized carbons (Fsp3) is 0.650. The first-order valence-corrected chi connectivity index (χ1v) is 9.33. The van der Waals surface area contributed by atoms with Crippen LogP contribution in [0.4, 0.5) is 4.79 Å². The molecule has 0 spiro atoms. The van der Waals surface area contributed by atoms with Crippen molar-refractivity contribution in [3.05, 3.63) is 35.9 Å². The molecule has 4 heteroatoms. The summed E-state index contributed by atoms with van der Waals surface area (Å²) in [7, 11) is 0. The number of likely N-dealkylation sites (tertiary alicyclic amines) is 1. The summed E-state index contributed by atoms with van der Waals surface area (Å²) in [6.07, 6.45) is 3.27. The Morgan fingerprint density at radius 1 is 1.25 bits per heavy atom. The summed E-state index contributed by atoms with van der Waals surface area (Å²) in [5, 5.41) is 3.72. The standard InChI is InChI=1S/C20H30N2O2/c1-15(2)14-24-20(23)22-10-8-16(9-11-22)13-21-19-12-18(19)17-6-4-3-5-7-17/h3-7,15-16,18-19,21H,8-14H2,1-2H3/t18-,19+/m1/s1. The molecule has 2 aliphatic rings. The number of nitrogens with one attached hydrogen (secondary N) is 1. The van der Waals surface area contributed by atoms with Gasteiger partial charge in [0.15, 0.2) is 0 Å². The monoisotopic (exact) mass is 330 g/mol. The third-order valence-electron chi connectivity index (χ3n) is 5.10. The van der Waals surface area contributed by atoms with E-state index in [0.717, 1.165) is 32.5 Å². The molecule has 1 amide bonds. The van der Waals surface area contributed by atoms with E-state index >= 15 is 0 Å². The number of hydrogen-bond donors (Lipinski definition) is 1. The van der Waals surface area contributed by atoms with Gasteiger partial charge in [-0.1, -0.05) is 44.2 Å². The second kappa shape index (κ2) is 8.02. The third-order valence-corrected chi connectivity index (χ3v) is 5.10. The van der Waals surface area contributed by atoms with Crippen LogP contribution in [0.1, 0.15) is 44.6 Å². The Kier molecular flexibility index (Phi) is 5.77. The molecule has 2 atom stereocenters. The Balaban J connectivity index is 1.33. The molecule has 0 bridgehead atoms. The number of piperidine rings is 1. The van der Waals surface area contributed by atoms with E-state index in [2.05, 4.69) is 49.5 Å². The quantitative estimate of drug-likeness (QED) is 0.866. The number of ether oxygens (including phenoxy) is 1. The van der Waals surface area contributed by atoms with Crippen molar-refractivity contribution in [1.82, 2.24) is 10.2 Å². The molecular formula is C20H30N2O2. The molecule has 24 heavy (non-hydrogen) atoms. The molecule has 1 aliphatic heterocycles. The van der Waals surface area contributed by atoms with Gasteiger partial charge in [0, 0.05) is 25.0 Å². The van der Waals surface area contributed by atoms with E-state index in [4.69, 9.17) is 4.74 Å². The van der Waals surface area contributed by atoms with E-state index < -0.39 is 0 Å². The van der Waals surface area contributed by atoms with Gasteiger partial charge in [-0.2, -0.15) is 0 Å². The van der Waals surface area contributed by atoms with Crippen molar-refractivity contribution in [3.63, 3.8) is 0 Å². The van der Waals surface area contributed by atoms with E-state index in [1.165, 1.54) is 12.0 Å². The fourth-order valence-electron chi connectivity index (χ4n) is 3.46. The van der Waals surface area contributed by atoms with E-state index in [-0.39, 0.29) is 6.09 Å². The number of amides is 1. The molecule has 1 aromatic rings. The maximum absolute atomic E-state index is 12.0. The number of benzene rings is 1. The van der Waals surface area contributed by atoms with Crippen LogP contribution in [-0.2, 0) is 4.74 Å². The lowest BCUT2D eigenvalue weighted by molar-refractivity contribution is 0.0789. The average molecular weight is 330 g/mol. The Labute approximate surface area is 145 Å². The largest absolute Gasteiger partial charge is 0.449 e. The van der Waals surface area contributed by atoms with Crippen molar-refractivity contribution in [2.75, 3.05) is 26.2 Å². The van der Waals surface area contributed by atoms with Gasteiger partial charge in [-0.25, -0.2) is 4.79 Å². The Hall–Kier alpha value is -1.55. The summed E-state index contributed by atoms with van der Waals surface area (Å²) in [5.74, 6) is 1.76. The van der Waals surface area contributed by atoms with Crippen LogP contribution in [0.2, 0.25) is 0 Å². The first-order chi connectivity index (χ1) is 11.6. The van der Waals surface area contributed by atoms with Crippen LogP contribution in [0, 0.1) is 11.8 Å². The van der Waals surface area contributed by atoms with Gasteiger partial charge in [0.2, 0.25) is 0 Å². The Morgan fingerprint density at radius 3 is 2.62 bits per heavy atom. The minimum Gasteiger partial charge on any atom is -0.449 e. The van der Waals surface area contributed by atoms with Gasteiger partial charge in [0.25, 0.3) is 0 Å². The smallest absolute Gasteiger partial charge is 0.409 e. The molecule has 0 radical (unpaired) electrons. The molecule has 3 rings (SSSR count). The molecule has 1 N–H and O–H groups in total. The summed E-state index contributed by atoms with van der Waals surface area (Å²) in [4.78, 5) is 13.8. The van der Waals surface area contributed by atoms with E-state index in [1.54, 1.807) is 0 Å². The first-order valence-electron chi connectivity index (χ1n) is 9.33. The highest BCUT2D eigenvalue weighted by molar-refractivity contribution is 5.67. The van der Waals surface area contributed by atoms with Crippen molar-refractivity contribution in [2.45, 2.75) is 45.1 Å². The predicted octanol–water partition coefficient (Wildman–Crippen LogP) is 3.64. The van der Waals surface area contributed by atoms with E-state index in [0.29, 0.717) is 30.4 Å². The highest BCUT2D eigenvalue weighted by Gasteiger charge is 2.38. The zero-order chi connectivity index (χ0) is 16.9. The van der Waals surface area contributed by atoms with E-state index in [9.17, 15) is 4.79 Å². The fourth-order valence-corrected chi connectivity index (χ4v) is 3.46. The number of carbonyl (C=O) groups is 1. The second-order valence-electron chi connectivity index (χ2n) is 7.67. The van der Waals surface area contributed by atoms with Gasteiger partial charge in [-0.15, -0.1) is 0 Å². The SMILES string of the molecule is CC(C)COC(=O)N1CCC(CN[C@H]2C[C@@H]2c2ccccc2)CC1. The van der Waals surface area contributed by atoms with Crippen LogP contribution >= 0.6 is 0 Å². The average Bonchev–Trinajstić information content (AvgIpc) is 3.39. The molecule has 1 heterocycles. The molecule has 1 saturated carbocycles. The molecule has 0 unspecified atom stereocenters. The van der Waals surface area contributed by atoms with Gasteiger partial charge in [-0.3, -0.25) is 0 Å². The lowest BCUT2D eigenvalue weighted by atomic mass is 9.97. The lowest BCUT2D eigenvalue weighted by Gasteiger charge is -2.31. The van der Waals surface area contributed by atoms with Crippen molar-refractivity contribution in [3.8, 4) is 0 Å². The van der Waals surface area contributed by atoms with Crippen LogP contribution in [0.5, 0.6) is 0 Å². The summed E-state index contributed by atoms with van der Waals surface area (Å²) >= 11 is 0. The third kappa shape index (κ3) is 4.73. The topological polar surface area (TPSA) is 41.6 Å².